The van der Waals surface area contributed by atoms with Crippen molar-refractivity contribution in [2.24, 2.45) is 0 Å². The van der Waals surface area contributed by atoms with Gasteiger partial charge < -0.3 is 15.1 Å². The number of carbonyl (C=O) groups is 1. The number of hydrogen-bond donors (Lipinski definition) is 2. The third kappa shape index (κ3) is 3.88. The third-order valence-electron chi connectivity index (χ3n) is 2.40. The van der Waals surface area contributed by atoms with Gasteiger partial charge in [0, 0.05) is 25.6 Å². The summed E-state index contributed by atoms with van der Waals surface area (Å²) in [5.41, 5.74) is 1.15. The molecule has 0 spiro atoms. The molecule has 4 nitrogen and oxygen atoms in total. The molecule has 0 radical (unpaired) electrons. The van der Waals surface area contributed by atoms with Gasteiger partial charge in [-0.25, -0.2) is 0 Å². The van der Waals surface area contributed by atoms with Gasteiger partial charge >= 0.3 is 0 Å². The van der Waals surface area contributed by atoms with E-state index in [9.17, 15) is 4.79 Å². The highest BCUT2D eigenvalue weighted by Gasteiger charge is 2.13. The number of rotatable bonds is 4. The van der Waals surface area contributed by atoms with Gasteiger partial charge in [-0.05, 0) is 12.1 Å². The quantitative estimate of drug-likeness (QED) is 0.761. The summed E-state index contributed by atoms with van der Waals surface area (Å²) in [5, 5.41) is 17.5. The molecule has 0 aliphatic rings. The normalized spacial score (nSPS) is 9.50. The van der Waals surface area contributed by atoms with E-state index in [0.29, 0.717) is 17.5 Å². The van der Waals surface area contributed by atoms with Gasteiger partial charge in [0.1, 0.15) is 0 Å². The molecule has 0 bridgehead atoms. The van der Waals surface area contributed by atoms with Crippen molar-refractivity contribution in [2.45, 2.75) is 6.42 Å². The first-order valence-electron chi connectivity index (χ1n) is 5.75. The highest BCUT2D eigenvalue weighted by Crippen LogP contribution is 2.10. The van der Waals surface area contributed by atoms with E-state index in [2.05, 4.69) is 11.8 Å². The molecule has 0 unspecified atom stereocenters. The molecule has 4 heteroatoms. The lowest BCUT2D eigenvalue weighted by molar-refractivity contribution is 0.0766. The summed E-state index contributed by atoms with van der Waals surface area (Å²) in [6.45, 7) is 0.228. The van der Waals surface area contributed by atoms with E-state index in [0.717, 1.165) is 0 Å². The SMILES string of the molecule is CN(CCO)C(=O)c1ccccc1C#CCCO. The fourth-order valence-corrected chi connectivity index (χ4v) is 1.45. The summed E-state index contributed by atoms with van der Waals surface area (Å²) in [6.07, 6.45) is 0.384. The molecule has 0 aromatic heterocycles. The van der Waals surface area contributed by atoms with E-state index in [1.165, 1.54) is 4.90 Å². The van der Waals surface area contributed by atoms with Gasteiger partial charge in [-0.15, -0.1) is 0 Å². The maximum Gasteiger partial charge on any atom is 0.254 e. The van der Waals surface area contributed by atoms with E-state index in [-0.39, 0.29) is 25.7 Å². The Hall–Kier alpha value is -1.83. The first-order chi connectivity index (χ1) is 8.70. The topological polar surface area (TPSA) is 60.8 Å². The van der Waals surface area contributed by atoms with Crippen LogP contribution in [0.5, 0.6) is 0 Å². The predicted octanol–water partition coefficient (Wildman–Crippen LogP) is 0.485. The minimum Gasteiger partial charge on any atom is -0.395 e. The van der Waals surface area contributed by atoms with Crippen LogP contribution in [0.15, 0.2) is 24.3 Å². The molecule has 1 rings (SSSR count). The summed E-state index contributed by atoms with van der Waals surface area (Å²) in [5.74, 6) is 5.50. The van der Waals surface area contributed by atoms with Crippen molar-refractivity contribution in [3.63, 3.8) is 0 Å². The highest BCUT2D eigenvalue weighted by atomic mass is 16.3. The minimum absolute atomic E-state index is 0.00747. The zero-order chi connectivity index (χ0) is 13.4. The lowest BCUT2D eigenvalue weighted by Gasteiger charge is -2.16. The molecule has 0 saturated carbocycles. The lowest BCUT2D eigenvalue weighted by atomic mass is 10.1. The Kier molecular flexibility index (Phi) is 5.92. The molecule has 0 heterocycles. The monoisotopic (exact) mass is 247 g/mol. The van der Waals surface area contributed by atoms with Crippen molar-refractivity contribution >= 4 is 5.91 Å². The van der Waals surface area contributed by atoms with Gasteiger partial charge in [0.05, 0.1) is 18.8 Å². The third-order valence-corrected chi connectivity index (χ3v) is 2.40. The van der Waals surface area contributed by atoms with Crippen LogP contribution in [-0.4, -0.2) is 47.8 Å². The number of nitrogens with zero attached hydrogens (tertiary/aromatic N) is 1. The number of aliphatic hydroxyl groups is 2. The van der Waals surface area contributed by atoms with Gasteiger partial charge in [0.15, 0.2) is 0 Å². The molecule has 1 amide bonds. The summed E-state index contributed by atoms with van der Waals surface area (Å²) in [4.78, 5) is 13.5. The number of amides is 1. The molecule has 96 valence electrons. The second-order valence-electron chi connectivity index (χ2n) is 3.77. The number of aliphatic hydroxyl groups excluding tert-OH is 2. The summed E-state index contributed by atoms with van der Waals surface area (Å²) in [7, 11) is 1.64. The van der Waals surface area contributed by atoms with Gasteiger partial charge in [0.25, 0.3) is 5.91 Å². The molecule has 18 heavy (non-hydrogen) atoms. The zero-order valence-corrected chi connectivity index (χ0v) is 10.4. The Balaban J connectivity index is 2.95. The average Bonchev–Trinajstić information content (AvgIpc) is 2.39. The Morgan fingerprint density at radius 1 is 1.28 bits per heavy atom. The molecule has 1 aromatic carbocycles. The molecule has 0 saturated heterocycles. The number of carbonyl (C=O) groups excluding carboxylic acids is 1. The van der Waals surface area contributed by atoms with Crippen LogP contribution >= 0.6 is 0 Å². The second-order valence-corrected chi connectivity index (χ2v) is 3.77. The molecular weight excluding hydrogens is 230 g/mol. The van der Waals surface area contributed by atoms with E-state index >= 15 is 0 Å². The van der Waals surface area contributed by atoms with Gasteiger partial charge in [-0.3, -0.25) is 4.79 Å². The van der Waals surface area contributed by atoms with Crippen molar-refractivity contribution in [1.82, 2.24) is 4.90 Å². The average molecular weight is 247 g/mol. The van der Waals surface area contributed by atoms with Gasteiger partial charge in [0.2, 0.25) is 0 Å². The molecule has 2 N–H and O–H groups in total. The summed E-state index contributed by atoms with van der Waals surface area (Å²) >= 11 is 0. The van der Waals surface area contributed by atoms with Gasteiger partial charge in [-0.1, -0.05) is 24.0 Å². The first-order valence-corrected chi connectivity index (χ1v) is 5.75. The van der Waals surface area contributed by atoms with E-state index in [1.54, 1.807) is 25.2 Å². The van der Waals surface area contributed by atoms with Gasteiger partial charge in [-0.2, -0.15) is 0 Å². The zero-order valence-electron chi connectivity index (χ0n) is 10.4. The fraction of sp³-hybridized carbons (Fsp3) is 0.357. The maximum absolute atomic E-state index is 12.1. The van der Waals surface area contributed by atoms with Crippen molar-refractivity contribution in [3.8, 4) is 11.8 Å². The first kappa shape index (κ1) is 14.2. The highest BCUT2D eigenvalue weighted by molar-refractivity contribution is 5.96. The van der Waals surface area contributed by atoms with Crippen LogP contribution in [0, 0.1) is 11.8 Å². The van der Waals surface area contributed by atoms with Crippen molar-refractivity contribution in [1.29, 1.82) is 0 Å². The van der Waals surface area contributed by atoms with E-state index in [4.69, 9.17) is 10.2 Å². The Bertz CT molecular complexity index is 460. The summed E-state index contributed by atoms with van der Waals surface area (Å²) < 4.78 is 0. The predicted molar refractivity (Wildman–Crippen MR) is 69.1 cm³/mol. The maximum atomic E-state index is 12.1. The number of hydrogen-bond acceptors (Lipinski definition) is 3. The smallest absolute Gasteiger partial charge is 0.254 e. The van der Waals surface area contributed by atoms with Crippen molar-refractivity contribution < 1.29 is 15.0 Å². The van der Waals surface area contributed by atoms with Crippen molar-refractivity contribution in [2.75, 3.05) is 26.8 Å². The Morgan fingerprint density at radius 3 is 2.67 bits per heavy atom. The van der Waals surface area contributed by atoms with E-state index in [1.807, 2.05) is 6.07 Å². The van der Waals surface area contributed by atoms with Crippen molar-refractivity contribution in [3.05, 3.63) is 35.4 Å². The molecule has 0 atom stereocenters. The molecule has 0 aliphatic heterocycles. The molecule has 0 fully saturated rings. The Morgan fingerprint density at radius 2 is 2.00 bits per heavy atom. The minimum atomic E-state index is -0.169. The fourth-order valence-electron chi connectivity index (χ4n) is 1.45. The molecule has 1 aromatic rings. The van der Waals surface area contributed by atoms with Crippen LogP contribution < -0.4 is 0 Å². The second kappa shape index (κ2) is 7.49. The van der Waals surface area contributed by atoms with Crippen LogP contribution in [0.2, 0.25) is 0 Å². The Labute approximate surface area is 107 Å². The number of benzene rings is 1. The lowest BCUT2D eigenvalue weighted by Crippen LogP contribution is -2.30. The summed E-state index contributed by atoms with van der Waals surface area (Å²) in [6, 6.07) is 7.06. The van der Waals surface area contributed by atoms with Crippen LogP contribution in [0.4, 0.5) is 0 Å². The standard InChI is InChI=1S/C14H17NO3/c1-15(9-11-17)14(18)13-8-3-2-6-12(13)7-4-5-10-16/h2-3,6,8,16-17H,5,9-11H2,1H3. The van der Waals surface area contributed by atoms with Crippen LogP contribution in [0.1, 0.15) is 22.3 Å². The molecular formula is C14H17NO3. The molecule has 0 aliphatic carbocycles. The number of likely N-dealkylation sites (N-methyl/N-ethyl adjacent to an activating group) is 1. The van der Waals surface area contributed by atoms with E-state index < -0.39 is 0 Å². The van der Waals surface area contributed by atoms with Crippen LogP contribution in [0.3, 0.4) is 0 Å². The largest absolute Gasteiger partial charge is 0.395 e. The van der Waals surface area contributed by atoms with Crippen LogP contribution in [0.25, 0.3) is 0 Å². The van der Waals surface area contributed by atoms with Crippen LogP contribution in [-0.2, 0) is 0 Å².